The molecule has 0 atom stereocenters. The van der Waals surface area contributed by atoms with Crippen LogP contribution in [0, 0.1) is 0 Å². The van der Waals surface area contributed by atoms with Crippen LogP contribution < -0.4 is 5.32 Å². The molecule has 0 fully saturated rings. The number of aliphatic imine (C=N–C) groups is 1. The number of rotatable bonds is 9. The highest BCUT2D eigenvalue weighted by molar-refractivity contribution is 14.0. The summed E-state index contributed by atoms with van der Waals surface area (Å²) in [4.78, 5) is 17.5. The number of nitrogens with zero attached hydrogens (tertiary/aromatic N) is 3. The number of nitrogens with one attached hydrogen (secondary N) is 1. The lowest BCUT2D eigenvalue weighted by atomic mass is 10.1. The van der Waals surface area contributed by atoms with Crippen molar-refractivity contribution in [1.29, 1.82) is 0 Å². The fraction of sp³-hybridized carbons (Fsp3) is 0.647. The zero-order valence-corrected chi connectivity index (χ0v) is 19.5. The van der Waals surface area contributed by atoms with E-state index in [1.165, 1.54) is 12.8 Å². The Morgan fingerprint density at radius 2 is 2.04 bits per heavy atom. The predicted octanol–water partition coefficient (Wildman–Crippen LogP) is 3.54. The molecule has 0 aliphatic carbocycles. The monoisotopic (exact) mass is 528 g/mol. The summed E-state index contributed by atoms with van der Waals surface area (Å²) in [6.45, 7) is 1.67. The van der Waals surface area contributed by atoms with Crippen LogP contribution in [-0.2, 0) is 23.1 Å². The minimum atomic E-state index is -0.123. The van der Waals surface area contributed by atoms with E-state index in [0.29, 0.717) is 6.42 Å². The second kappa shape index (κ2) is 13.4. The summed E-state index contributed by atoms with van der Waals surface area (Å²) >= 11 is 3.50. The number of unbranched alkanes of at least 4 members (excludes halogenated alkanes) is 3. The Hall–Kier alpha value is -0.770. The van der Waals surface area contributed by atoms with E-state index >= 15 is 0 Å². The number of hydrogen-bond acceptors (Lipinski definition) is 3. The summed E-state index contributed by atoms with van der Waals surface area (Å²) in [5.41, 5.74) is 1.22. The van der Waals surface area contributed by atoms with E-state index in [1.807, 2.05) is 20.3 Å². The summed E-state index contributed by atoms with van der Waals surface area (Å²) in [6, 6.07) is 2.12. The van der Waals surface area contributed by atoms with Gasteiger partial charge in [0.2, 0.25) is 0 Å². The third-order valence-electron chi connectivity index (χ3n) is 3.87. The van der Waals surface area contributed by atoms with Crippen LogP contribution in [0.15, 0.2) is 21.7 Å². The van der Waals surface area contributed by atoms with Gasteiger partial charge >= 0.3 is 5.97 Å². The van der Waals surface area contributed by atoms with Crippen LogP contribution in [0.5, 0.6) is 0 Å². The van der Waals surface area contributed by atoms with Crippen molar-refractivity contribution in [2.24, 2.45) is 12.0 Å². The van der Waals surface area contributed by atoms with Gasteiger partial charge in [-0.1, -0.05) is 12.8 Å². The van der Waals surface area contributed by atoms with E-state index in [1.54, 1.807) is 7.05 Å². The van der Waals surface area contributed by atoms with E-state index in [2.05, 4.69) is 46.5 Å². The molecule has 1 heterocycles. The lowest BCUT2D eigenvalue weighted by molar-refractivity contribution is -0.140. The molecule has 0 aromatic carbocycles. The third-order valence-corrected chi connectivity index (χ3v) is 4.30. The van der Waals surface area contributed by atoms with Gasteiger partial charge in [0.25, 0.3) is 0 Å². The number of hydrogen-bond donors (Lipinski definition) is 1. The van der Waals surface area contributed by atoms with Crippen molar-refractivity contribution in [1.82, 2.24) is 14.8 Å². The van der Waals surface area contributed by atoms with Crippen LogP contribution in [0.4, 0.5) is 0 Å². The Morgan fingerprint density at radius 1 is 1.36 bits per heavy atom. The fourth-order valence-corrected chi connectivity index (χ4v) is 3.05. The molecule has 0 unspecified atom stereocenters. The van der Waals surface area contributed by atoms with E-state index < -0.39 is 0 Å². The molecular formula is C17H30BrIN4O2. The second-order valence-corrected chi connectivity index (χ2v) is 6.75. The number of halogens is 2. The highest BCUT2D eigenvalue weighted by Gasteiger charge is 2.09. The molecule has 1 aromatic rings. The van der Waals surface area contributed by atoms with Crippen LogP contribution in [0.25, 0.3) is 0 Å². The zero-order valence-electron chi connectivity index (χ0n) is 15.5. The molecule has 0 spiro atoms. The van der Waals surface area contributed by atoms with Crippen molar-refractivity contribution in [2.75, 3.05) is 27.7 Å². The molecule has 25 heavy (non-hydrogen) atoms. The predicted molar refractivity (Wildman–Crippen MR) is 116 cm³/mol. The van der Waals surface area contributed by atoms with Crippen molar-refractivity contribution in [3.63, 3.8) is 0 Å². The number of carbonyl (C=O) groups excluding carboxylic acids is 1. The first kappa shape index (κ1) is 24.2. The number of aromatic nitrogens is 1. The lowest BCUT2D eigenvalue weighted by Crippen LogP contribution is -2.39. The molecule has 0 saturated heterocycles. The van der Waals surface area contributed by atoms with Gasteiger partial charge in [-0.15, -0.1) is 24.0 Å². The van der Waals surface area contributed by atoms with Crippen LogP contribution in [0.3, 0.4) is 0 Å². The van der Waals surface area contributed by atoms with Gasteiger partial charge in [0, 0.05) is 50.5 Å². The van der Waals surface area contributed by atoms with Gasteiger partial charge < -0.3 is 19.5 Å². The molecule has 6 nitrogen and oxygen atoms in total. The van der Waals surface area contributed by atoms with Gasteiger partial charge in [-0.05, 0) is 34.8 Å². The topological polar surface area (TPSA) is 58.9 Å². The number of carbonyl (C=O) groups is 1. The summed E-state index contributed by atoms with van der Waals surface area (Å²) in [7, 11) is 7.31. The summed E-state index contributed by atoms with van der Waals surface area (Å²) in [5.74, 6) is 0.768. The molecule has 8 heteroatoms. The zero-order chi connectivity index (χ0) is 17.9. The van der Waals surface area contributed by atoms with Crippen molar-refractivity contribution in [3.05, 3.63) is 22.4 Å². The third kappa shape index (κ3) is 9.48. The summed E-state index contributed by atoms with van der Waals surface area (Å²) in [6.07, 6.45) is 6.65. The second-order valence-electron chi connectivity index (χ2n) is 5.83. The van der Waals surface area contributed by atoms with Gasteiger partial charge in [-0.2, -0.15) is 0 Å². The number of methoxy groups -OCH3 is 1. The van der Waals surface area contributed by atoms with Crippen molar-refractivity contribution in [3.8, 4) is 0 Å². The first-order valence-electron chi connectivity index (χ1n) is 8.27. The Labute approximate surface area is 176 Å². The van der Waals surface area contributed by atoms with Crippen LogP contribution >= 0.6 is 39.9 Å². The maximum absolute atomic E-state index is 11.0. The number of aryl methyl sites for hydroxylation is 1. The summed E-state index contributed by atoms with van der Waals surface area (Å²) < 4.78 is 7.82. The maximum Gasteiger partial charge on any atom is 0.305 e. The number of guanidine groups is 1. The Kier molecular flexibility index (Phi) is 13.0. The van der Waals surface area contributed by atoms with E-state index in [9.17, 15) is 4.79 Å². The van der Waals surface area contributed by atoms with Crippen LogP contribution in [0.2, 0.25) is 0 Å². The Morgan fingerprint density at radius 3 is 2.60 bits per heavy atom. The molecule has 0 aliphatic rings. The van der Waals surface area contributed by atoms with Crippen molar-refractivity contribution in [2.45, 2.75) is 38.6 Å². The smallest absolute Gasteiger partial charge is 0.305 e. The number of esters is 1. The fourth-order valence-electron chi connectivity index (χ4n) is 2.48. The van der Waals surface area contributed by atoms with Gasteiger partial charge in [-0.3, -0.25) is 9.79 Å². The van der Waals surface area contributed by atoms with Gasteiger partial charge in [0.15, 0.2) is 5.96 Å². The SMILES string of the molecule is CN=C(NCCCCCCC(=O)OC)N(C)Cc1cc(Br)cn1C.I. The van der Waals surface area contributed by atoms with Crippen LogP contribution in [-0.4, -0.2) is 49.1 Å². The Bertz CT molecular complexity index is 549. The average molecular weight is 529 g/mol. The molecule has 0 saturated carbocycles. The summed E-state index contributed by atoms with van der Waals surface area (Å²) in [5, 5.41) is 3.39. The molecule has 0 amide bonds. The molecular weight excluding hydrogens is 499 g/mol. The molecule has 1 aromatic heterocycles. The normalized spacial score (nSPS) is 11.0. The first-order chi connectivity index (χ1) is 11.5. The standard InChI is InChI=1S/C17H29BrN4O2.HI/c1-19-17(20-10-8-6-5-7-9-16(23)24-4)22(3)13-15-11-14(18)12-21(15)2;/h11-12H,5-10,13H2,1-4H3,(H,19,20);1H. The lowest BCUT2D eigenvalue weighted by Gasteiger charge is -2.22. The molecule has 1 N–H and O–H groups in total. The molecule has 0 aliphatic heterocycles. The Balaban J connectivity index is 0.00000576. The first-order valence-corrected chi connectivity index (χ1v) is 9.06. The largest absolute Gasteiger partial charge is 0.469 e. The highest BCUT2D eigenvalue weighted by Crippen LogP contribution is 2.15. The minimum absolute atomic E-state index is 0. The highest BCUT2D eigenvalue weighted by atomic mass is 127. The van der Waals surface area contributed by atoms with Crippen molar-refractivity contribution < 1.29 is 9.53 Å². The molecule has 0 bridgehead atoms. The van der Waals surface area contributed by atoms with Gasteiger partial charge in [0.05, 0.1) is 13.7 Å². The van der Waals surface area contributed by atoms with Crippen molar-refractivity contribution >= 4 is 51.8 Å². The molecule has 0 radical (unpaired) electrons. The van der Waals surface area contributed by atoms with E-state index in [4.69, 9.17) is 0 Å². The van der Waals surface area contributed by atoms with E-state index in [0.717, 1.165) is 49.2 Å². The van der Waals surface area contributed by atoms with Gasteiger partial charge in [0.1, 0.15) is 0 Å². The minimum Gasteiger partial charge on any atom is -0.469 e. The average Bonchev–Trinajstić information content (AvgIpc) is 2.87. The van der Waals surface area contributed by atoms with E-state index in [-0.39, 0.29) is 29.9 Å². The number of ether oxygens (including phenoxy) is 1. The quantitative estimate of drug-likeness (QED) is 0.175. The van der Waals surface area contributed by atoms with Gasteiger partial charge in [-0.25, -0.2) is 0 Å². The molecule has 1 rings (SSSR count). The van der Waals surface area contributed by atoms with Crippen LogP contribution in [0.1, 0.15) is 37.8 Å². The molecule has 144 valence electrons. The maximum atomic E-state index is 11.0.